The molecule has 2 amide bonds. The van der Waals surface area contributed by atoms with E-state index in [2.05, 4.69) is 45.7 Å². The second-order valence-electron chi connectivity index (χ2n) is 8.92. The lowest BCUT2D eigenvalue weighted by atomic mass is 9.95. The molecule has 33 heavy (non-hydrogen) atoms. The third kappa shape index (κ3) is 5.89. The van der Waals surface area contributed by atoms with Gasteiger partial charge in [-0.15, -0.1) is 11.8 Å². The maximum absolute atomic E-state index is 12.6. The summed E-state index contributed by atoms with van der Waals surface area (Å²) >= 11 is 1.60. The molecule has 2 aliphatic rings. The Morgan fingerprint density at radius 1 is 1.00 bits per heavy atom. The zero-order valence-electron chi connectivity index (χ0n) is 19.6. The molecule has 0 radical (unpaired) electrons. The Labute approximate surface area is 201 Å². The number of nitrogens with zero attached hydrogens (tertiary/aromatic N) is 2. The molecule has 1 saturated heterocycles. The van der Waals surface area contributed by atoms with E-state index in [0.717, 1.165) is 37.4 Å². The third-order valence-corrected chi connectivity index (χ3v) is 7.39. The molecule has 2 aromatic carbocycles. The number of thioether (sulfide) groups is 1. The van der Waals surface area contributed by atoms with Crippen molar-refractivity contribution in [2.45, 2.75) is 43.0 Å². The smallest absolute Gasteiger partial charge is 0.313 e. The maximum Gasteiger partial charge on any atom is 0.313 e. The van der Waals surface area contributed by atoms with Gasteiger partial charge in [-0.2, -0.15) is 0 Å². The van der Waals surface area contributed by atoms with Crippen LogP contribution in [0.25, 0.3) is 0 Å². The first-order chi connectivity index (χ1) is 16.0. The van der Waals surface area contributed by atoms with Crippen LogP contribution in [-0.2, 0) is 16.0 Å². The Bertz CT molecular complexity index is 990. The minimum absolute atomic E-state index is 0.0689. The van der Waals surface area contributed by atoms with Crippen LogP contribution in [0.1, 0.15) is 42.9 Å². The molecule has 0 bridgehead atoms. The van der Waals surface area contributed by atoms with Crippen LogP contribution in [0.5, 0.6) is 0 Å². The van der Waals surface area contributed by atoms with E-state index in [1.54, 1.807) is 17.8 Å². The molecule has 2 N–H and O–H groups in total. The Kier molecular flexibility index (Phi) is 7.93. The van der Waals surface area contributed by atoms with E-state index in [1.807, 2.05) is 24.5 Å². The van der Waals surface area contributed by atoms with Crippen LogP contribution in [0.4, 0.5) is 11.4 Å². The molecule has 0 aliphatic carbocycles. The zero-order chi connectivity index (χ0) is 23.2. The molecule has 7 heteroatoms. The Balaban J connectivity index is 1.45. The lowest BCUT2D eigenvalue weighted by Gasteiger charge is -2.36. The molecule has 1 atom stereocenters. The predicted octanol–water partition coefficient (Wildman–Crippen LogP) is 4.07. The maximum atomic E-state index is 12.6. The Hall–Kier alpha value is -2.51. The first-order valence-electron chi connectivity index (χ1n) is 11.9. The number of likely N-dealkylation sites (tertiary alicyclic amines) is 1. The summed E-state index contributed by atoms with van der Waals surface area (Å²) in [6, 6.07) is 14.3. The van der Waals surface area contributed by atoms with Crippen LogP contribution < -0.4 is 15.5 Å². The largest absolute Gasteiger partial charge is 0.374 e. The first kappa shape index (κ1) is 23.6. The third-order valence-electron chi connectivity index (χ3n) is 6.66. The van der Waals surface area contributed by atoms with Crippen molar-refractivity contribution in [3.8, 4) is 0 Å². The van der Waals surface area contributed by atoms with E-state index in [-0.39, 0.29) is 6.04 Å². The van der Waals surface area contributed by atoms with E-state index < -0.39 is 11.8 Å². The van der Waals surface area contributed by atoms with Crippen molar-refractivity contribution in [3.05, 3.63) is 53.6 Å². The van der Waals surface area contributed by atoms with Gasteiger partial charge < -0.3 is 15.5 Å². The standard InChI is InChI=1S/C26H34N4O2S/c1-29-13-7-8-19-16-20(11-12-23(19)29)24(30-14-4-3-5-15-30)18-27-25(31)26(32)28-21-9-6-10-22(17-21)33-2/h6,9-12,16-17,24H,3-5,7-8,13-15,18H2,1-2H3,(H,27,31)(H,28,32). The van der Waals surface area contributed by atoms with Gasteiger partial charge in [0.25, 0.3) is 0 Å². The van der Waals surface area contributed by atoms with Gasteiger partial charge in [-0.25, -0.2) is 0 Å². The zero-order valence-corrected chi connectivity index (χ0v) is 20.4. The summed E-state index contributed by atoms with van der Waals surface area (Å²) in [7, 11) is 2.15. The highest BCUT2D eigenvalue weighted by Crippen LogP contribution is 2.31. The number of fused-ring (bicyclic) bond motifs is 1. The van der Waals surface area contributed by atoms with Gasteiger partial charge in [0, 0.05) is 36.4 Å². The monoisotopic (exact) mass is 466 g/mol. The average molecular weight is 467 g/mol. The molecule has 4 rings (SSSR count). The summed E-state index contributed by atoms with van der Waals surface area (Å²) in [6.07, 6.45) is 7.82. The molecular formula is C26H34N4O2S. The fraction of sp³-hybridized carbons (Fsp3) is 0.462. The van der Waals surface area contributed by atoms with Gasteiger partial charge in [0.15, 0.2) is 0 Å². The highest BCUT2D eigenvalue weighted by atomic mass is 32.2. The number of hydrogen-bond acceptors (Lipinski definition) is 5. The van der Waals surface area contributed by atoms with Gasteiger partial charge in [-0.3, -0.25) is 14.5 Å². The number of aryl methyl sites for hydroxylation is 1. The highest BCUT2D eigenvalue weighted by Gasteiger charge is 2.26. The summed E-state index contributed by atoms with van der Waals surface area (Å²) in [5, 5.41) is 5.63. The summed E-state index contributed by atoms with van der Waals surface area (Å²) in [5.41, 5.74) is 4.53. The summed E-state index contributed by atoms with van der Waals surface area (Å²) in [4.78, 5) is 31.0. The van der Waals surface area contributed by atoms with E-state index in [9.17, 15) is 9.59 Å². The molecule has 1 unspecified atom stereocenters. The van der Waals surface area contributed by atoms with E-state index in [1.165, 1.54) is 36.1 Å². The van der Waals surface area contributed by atoms with Crippen molar-refractivity contribution in [2.75, 3.05) is 49.7 Å². The van der Waals surface area contributed by atoms with Crippen molar-refractivity contribution in [1.82, 2.24) is 10.2 Å². The molecule has 0 spiro atoms. The molecule has 176 valence electrons. The normalized spacial score (nSPS) is 17.2. The van der Waals surface area contributed by atoms with Crippen LogP contribution in [0.3, 0.4) is 0 Å². The highest BCUT2D eigenvalue weighted by molar-refractivity contribution is 7.98. The molecular weight excluding hydrogens is 432 g/mol. The fourth-order valence-corrected chi connectivity index (χ4v) is 5.32. The number of piperidine rings is 1. The molecule has 2 heterocycles. The predicted molar refractivity (Wildman–Crippen MR) is 136 cm³/mol. The Morgan fingerprint density at radius 3 is 2.61 bits per heavy atom. The van der Waals surface area contributed by atoms with Gasteiger partial charge in [-0.05, 0) is 80.4 Å². The molecule has 0 saturated carbocycles. The number of carbonyl (C=O) groups excluding carboxylic acids is 2. The summed E-state index contributed by atoms with van der Waals surface area (Å²) in [5.74, 6) is -1.22. The average Bonchev–Trinajstić information content (AvgIpc) is 2.85. The minimum Gasteiger partial charge on any atom is -0.374 e. The second kappa shape index (κ2) is 11.1. The van der Waals surface area contributed by atoms with Gasteiger partial charge in [0.2, 0.25) is 0 Å². The van der Waals surface area contributed by atoms with Crippen LogP contribution in [0.2, 0.25) is 0 Å². The number of nitrogens with one attached hydrogen (secondary N) is 2. The van der Waals surface area contributed by atoms with Crippen molar-refractivity contribution < 1.29 is 9.59 Å². The topological polar surface area (TPSA) is 64.7 Å². The number of rotatable bonds is 6. The lowest BCUT2D eigenvalue weighted by Crippen LogP contribution is -2.43. The van der Waals surface area contributed by atoms with Crippen molar-refractivity contribution in [3.63, 3.8) is 0 Å². The lowest BCUT2D eigenvalue weighted by molar-refractivity contribution is -0.136. The van der Waals surface area contributed by atoms with Gasteiger partial charge in [0.1, 0.15) is 0 Å². The summed E-state index contributed by atoms with van der Waals surface area (Å²) < 4.78 is 0. The van der Waals surface area contributed by atoms with Gasteiger partial charge >= 0.3 is 11.8 Å². The van der Waals surface area contributed by atoms with Crippen LogP contribution >= 0.6 is 11.8 Å². The second-order valence-corrected chi connectivity index (χ2v) is 9.80. The van der Waals surface area contributed by atoms with Crippen molar-refractivity contribution >= 4 is 35.0 Å². The number of benzene rings is 2. The van der Waals surface area contributed by atoms with Gasteiger partial charge in [0.05, 0.1) is 6.04 Å². The quantitative estimate of drug-likeness (QED) is 0.496. The number of hydrogen-bond donors (Lipinski definition) is 2. The number of amides is 2. The van der Waals surface area contributed by atoms with Crippen LogP contribution in [-0.4, -0.2) is 56.2 Å². The Morgan fingerprint density at radius 2 is 1.82 bits per heavy atom. The fourth-order valence-electron chi connectivity index (χ4n) is 4.86. The minimum atomic E-state index is -0.627. The SMILES string of the molecule is CSc1cccc(NC(=O)C(=O)NCC(c2ccc3c(c2)CCCN3C)N2CCCCC2)c1. The van der Waals surface area contributed by atoms with E-state index >= 15 is 0 Å². The van der Waals surface area contributed by atoms with Crippen LogP contribution in [0, 0.1) is 0 Å². The van der Waals surface area contributed by atoms with Crippen molar-refractivity contribution in [1.29, 1.82) is 0 Å². The number of anilines is 2. The van der Waals surface area contributed by atoms with Gasteiger partial charge in [-0.1, -0.05) is 24.6 Å². The van der Waals surface area contributed by atoms with Crippen LogP contribution in [0.15, 0.2) is 47.4 Å². The molecule has 2 aliphatic heterocycles. The van der Waals surface area contributed by atoms with E-state index in [4.69, 9.17) is 0 Å². The molecule has 0 aromatic heterocycles. The van der Waals surface area contributed by atoms with Crippen molar-refractivity contribution in [2.24, 2.45) is 0 Å². The molecule has 6 nitrogen and oxygen atoms in total. The molecule has 1 fully saturated rings. The number of carbonyl (C=O) groups is 2. The molecule has 2 aromatic rings. The first-order valence-corrected chi connectivity index (χ1v) is 13.1. The van der Waals surface area contributed by atoms with E-state index in [0.29, 0.717) is 12.2 Å². The summed E-state index contributed by atoms with van der Waals surface area (Å²) in [6.45, 7) is 3.55.